The first-order valence-electron chi connectivity index (χ1n) is 7.39. The van der Waals surface area contributed by atoms with Crippen LogP contribution in [-0.4, -0.2) is 36.1 Å². The first-order chi connectivity index (χ1) is 10.0. The van der Waals surface area contributed by atoms with Gasteiger partial charge in [0.15, 0.2) is 0 Å². The molecule has 6 heteroatoms. The van der Waals surface area contributed by atoms with Gasteiger partial charge in [-0.2, -0.15) is 0 Å². The van der Waals surface area contributed by atoms with Gasteiger partial charge in [-0.05, 0) is 18.8 Å². The highest BCUT2D eigenvalue weighted by Crippen LogP contribution is 2.23. The Bertz CT molecular complexity index is 463. The highest BCUT2D eigenvalue weighted by Gasteiger charge is 2.22. The van der Waals surface area contributed by atoms with E-state index in [1.54, 1.807) is 0 Å². The van der Waals surface area contributed by atoms with E-state index >= 15 is 0 Å². The van der Waals surface area contributed by atoms with E-state index in [4.69, 9.17) is 4.74 Å². The predicted octanol–water partition coefficient (Wildman–Crippen LogP) is 2.47. The molecule has 0 amide bonds. The second kappa shape index (κ2) is 8.44. The minimum Gasteiger partial charge on any atom is -0.467 e. The first kappa shape index (κ1) is 17.2. The third kappa shape index (κ3) is 4.88. The van der Waals surface area contributed by atoms with Crippen molar-refractivity contribution in [1.29, 1.82) is 0 Å². The van der Waals surface area contributed by atoms with Gasteiger partial charge in [-0.1, -0.05) is 27.2 Å². The van der Waals surface area contributed by atoms with Crippen LogP contribution >= 0.6 is 0 Å². The number of methoxy groups -OCH3 is 1. The van der Waals surface area contributed by atoms with E-state index in [2.05, 4.69) is 41.4 Å². The van der Waals surface area contributed by atoms with Gasteiger partial charge in [-0.3, -0.25) is 0 Å². The summed E-state index contributed by atoms with van der Waals surface area (Å²) in [7, 11) is 3.24. The molecule has 2 N–H and O–H groups in total. The Balaban J connectivity index is 3.04. The summed E-state index contributed by atoms with van der Waals surface area (Å²) < 4.78 is 4.88. The molecule has 1 heterocycles. The zero-order valence-electron chi connectivity index (χ0n) is 13.6. The van der Waals surface area contributed by atoms with Crippen molar-refractivity contribution < 1.29 is 9.53 Å². The lowest BCUT2D eigenvalue weighted by Gasteiger charge is -2.21. The quantitative estimate of drug-likeness (QED) is 0.717. The molecule has 118 valence electrons. The lowest BCUT2D eigenvalue weighted by atomic mass is 10.0. The van der Waals surface area contributed by atoms with E-state index in [0.717, 1.165) is 24.2 Å². The number of nitrogens with one attached hydrogen (secondary N) is 2. The van der Waals surface area contributed by atoms with Gasteiger partial charge in [-0.25, -0.2) is 14.8 Å². The summed E-state index contributed by atoms with van der Waals surface area (Å²) in [6, 6.07) is -0.398. The van der Waals surface area contributed by atoms with E-state index in [-0.39, 0.29) is 5.97 Å². The molecular weight excluding hydrogens is 268 g/mol. The largest absolute Gasteiger partial charge is 0.467 e. The molecule has 6 nitrogen and oxygen atoms in total. The molecule has 1 rings (SSSR count). The topological polar surface area (TPSA) is 76.1 Å². The first-order valence-corrected chi connectivity index (χ1v) is 7.39. The van der Waals surface area contributed by atoms with Crippen LogP contribution in [0.3, 0.4) is 0 Å². The average Bonchev–Trinajstić information content (AvgIpc) is 2.47. The number of ether oxygens (including phenoxy) is 1. The van der Waals surface area contributed by atoms with Crippen LogP contribution in [-0.2, 0) is 16.0 Å². The van der Waals surface area contributed by atoms with Crippen LogP contribution in [0.5, 0.6) is 0 Å². The molecule has 0 radical (unpaired) electrons. The molecule has 1 unspecified atom stereocenters. The summed E-state index contributed by atoms with van der Waals surface area (Å²) in [4.78, 5) is 20.5. The maximum atomic E-state index is 11.9. The van der Waals surface area contributed by atoms with Crippen molar-refractivity contribution in [2.75, 3.05) is 24.8 Å². The van der Waals surface area contributed by atoms with Crippen molar-refractivity contribution in [3.63, 3.8) is 0 Å². The van der Waals surface area contributed by atoms with Gasteiger partial charge in [0.05, 0.1) is 7.11 Å². The Labute approximate surface area is 126 Å². The smallest absolute Gasteiger partial charge is 0.328 e. The molecule has 0 fully saturated rings. The molecule has 0 aliphatic carbocycles. The zero-order chi connectivity index (χ0) is 15.8. The van der Waals surface area contributed by atoms with Gasteiger partial charge >= 0.3 is 5.97 Å². The number of esters is 1. The van der Waals surface area contributed by atoms with Gasteiger partial charge < -0.3 is 15.4 Å². The summed E-state index contributed by atoms with van der Waals surface area (Å²) in [6.07, 6.45) is 4.01. The summed E-state index contributed by atoms with van der Waals surface area (Å²) in [5, 5.41) is 6.29. The number of carbonyl (C=O) groups excluding carboxylic acids is 1. The highest BCUT2D eigenvalue weighted by molar-refractivity contribution is 5.79. The van der Waals surface area contributed by atoms with Gasteiger partial charge in [-0.15, -0.1) is 0 Å². The number of carbonyl (C=O) groups is 1. The van der Waals surface area contributed by atoms with Gasteiger partial charge in [0.2, 0.25) is 0 Å². The average molecular weight is 294 g/mol. The molecule has 1 aromatic heterocycles. The number of rotatable bonds is 8. The third-order valence-electron chi connectivity index (χ3n) is 3.19. The molecular formula is C15H26N4O2. The fourth-order valence-corrected chi connectivity index (χ4v) is 2.23. The number of aromatic nitrogens is 2. The number of anilines is 2. The number of nitrogens with zero attached hydrogens (tertiary/aromatic N) is 2. The van der Waals surface area contributed by atoms with Crippen LogP contribution < -0.4 is 10.6 Å². The van der Waals surface area contributed by atoms with Crippen molar-refractivity contribution in [3.05, 3.63) is 11.9 Å². The van der Waals surface area contributed by atoms with Crippen molar-refractivity contribution in [2.24, 2.45) is 5.92 Å². The Kier molecular flexibility index (Phi) is 6.91. The normalized spacial score (nSPS) is 12.1. The number of hydrogen-bond donors (Lipinski definition) is 2. The second-order valence-electron chi connectivity index (χ2n) is 5.40. The molecule has 0 saturated heterocycles. The zero-order valence-corrected chi connectivity index (χ0v) is 13.6. The van der Waals surface area contributed by atoms with Gasteiger partial charge in [0.25, 0.3) is 0 Å². The van der Waals surface area contributed by atoms with Crippen LogP contribution in [0.15, 0.2) is 6.33 Å². The minimum atomic E-state index is -0.398. The molecule has 0 aliphatic rings. The highest BCUT2D eigenvalue weighted by atomic mass is 16.5. The monoisotopic (exact) mass is 294 g/mol. The van der Waals surface area contributed by atoms with Crippen LogP contribution in [0.25, 0.3) is 0 Å². The molecule has 0 aromatic carbocycles. The fourth-order valence-electron chi connectivity index (χ4n) is 2.23. The van der Waals surface area contributed by atoms with Crippen molar-refractivity contribution >= 4 is 17.6 Å². The standard InChI is InChI=1S/C15H26N4O2/c1-6-7-11-13(16-4)17-9-18-14(11)19-12(8-10(2)3)15(20)21-5/h9-10,12H,6-8H2,1-5H3,(H2,16,17,18,19). The lowest BCUT2D eigenvalue weighted by molar-refractivity contribution is -0.141. The van der Waals surface area contributed by atoms with E-state index in [9.17, 15) is 4.79 Å². The van der Waals surface area contributed by atoms with Gasteiger partial charge in [0.1, 0.15) is 24.0 Å². The van der Waals surface area contributed by atoms with Crippen molar-refractivity contribution in [2.45, 2.75) is 46.1 Å². The van der Waals surface area contributed by atoms with Crippen LogP contribution in [0.4, 0.5) is 11.6 Å². The van der Waals surface area contributed by atoms with Gasteiger partial charge in [0, 0.05) is 12.6 Å². The molecule has 1 atom stereocenters. The summed E-state index contributed by atoms with van der Waals surface area (Å²) in [5.41, 5.74) is 1.00. The van der Waals surface area contributed by atoms with E-state index < -0.39 is 6.04 Å². The third-order valence-corrected chi connectivity index (χ3v) is 3.19. The lowest BCUT2D eigenvalue weighted by Crippen LogP contribution is -2.33. The molecule has 21 heavy (non-hydrogen) atoms. The Morgan fingerprint density at radius 1 is 1.33 bits per heavy atom. The van der Waals surface area contributed by atoms with Crippen LogP contribution in [0.2, 0.25) is 0 Å². The van der Waals surface area contributed by atoms with E-state index in [0.29, 0.717) is 18.2 Å². The van der Waals surface area contributed by atoms with E-state index in [1.165, 1.54) is 13.4 Å². The maximum absolute atomic E-state index is 11.9. The van der Waals surface area contributed by atoms with Crippen molar-refractivity contribution in [3.8, 4) is 0 Å². The van der Waals surface area contributed by atoms with Crippen molar-refractivity contribution in [1.82, 2.24) is 9.97 Å². The predicted molar refractivity (Wildman–Crippen MR) is 84.5 cm³/mol. The molecule has 0 saturated carbocycles. The Morgan fingerprint density at radius 2 is 2.00 bits per heavy atom. The Hall–Kier alpha value is -1.85. The van der Waals surface area contributed by atoms with E-state index in [1.807, 2.05) is 7.05 Å². The van der Waals surface area contributed by atoms with Crippen LogP contribution in [0, 0.1) is 5.92 Å². The molecule has 0 spiro atoms. The Morgan fingerprint density at radius 3 is 2.52 bits per heavy atom. The summed E-state index contributed by atoms with van der Waals surface area (Å²) in [6.45, 7) is 6.25. The number of hydrogen-bond acceptors (Lipinski definition) is 6. The summed E-state index contributed by atoms with van der Waals surface area (Å²) in [5.74, 6) is 1.60. The fraction of sp³-hybridized carbons (Fsp3) is 0.667. The minimum absolute atomic E-state index is 0.268. The molecule has 0 aliphatic heterocycles. The molecule has 0 bridgehead atoms. The SMILES string of the molecule is CCCc1c(NC)ncnc1NC(CC(C)C)C(=O)OC. The summed E-state index contributed by atoms with van der Waals surface area (Å²) >= 11 is 0. The maximum Gasteiger partial charge on any atom is 0.328 e. The molecule has 1 aromatic rings. The second-order valence-corrected chi connectivity index (χ2v) is 5.40. The van der Waals surface area contributed by atoms with Crippen LogP contribution in [0.1, 0.15) is 39.2 Å².